The first-order chi connectivity index (χ1) is 13.0. The van der Waals surface area contributed by atoms with Gasteiger partial charge in [0.15, 0.2) is 6.10 Å². The van der Waals surface area contributed by atoms with Crippen LogP contribution in [-0.4, -0.2) is 31.1 Å². The van der Waals surface area contributed by atoms with Gasteiger partial charge in [0.1, 0.15) is 5.00 Å². The molecule has 7 heteroatoms. The highest BCUT2D eigenvalue weighted by molar-refractivity contribution is 7.17. The van der Waals surface area contributed by atoms with Gasteiger partial charge in [0.05, 0.1) is 18.2 Å². The second-order valence-corrected chi connectivity index (χ2v) is 7.91. The van der Waals surface area contributed by atoms with E-state index < -0.39 is 23.9 Å². The maximum absolute atomic E-state index is 12.7. The summed E-state index contributed by atoms with van der Waals surface area (Å²) in [5.41, 5.74) is 3.65. The van der Waals surface area contributed by atoms with Crippen LogP contribution >= 0.6 is 11.3 Å². The second kappa shape index (κ2) is 6.81. The van der Waals surface area contributed by atoms with Crippen molar-refractivity contribution in [3.63, 3.8) is 0 Å². The lowest BCUT2D eigenvalue weighted by atomic mass is 9.96. The molecule has 1 N–H and O–H groups in total. The predicted molar refractivity (Wildman–Crippen MR) is 100 cm³/mol. The fourth-order valence-corrected chi connectivity index (χ4v) is 4.92. The molecule has 4 rings (SSSR count). The smallest absolute Gasteiger partial charge is 0.341 e. The molecule has 0 bridgehead atoms. The summed E-state index contributed by atoms with van der Waals surface area (Å²) in [5.74, 6) is -1.38. The third kappa shape index (κ3) is 3.12. The molecule has 27 heavy (non-hydrogen) atoms. The van der Waals surface area contributed by atoms with Gasteiger partial charge in [0.25, 0.3) is 5.91 Å². The number of amides is 1. The minimum absolute atomic E-state index is 0.311. The van der Waals surface area contributed by atoms with Crippen molar-refractivity contribution in [2.75, 3.05) is 12.4 Å². The third-order valence-electron chi connectivity index (χ3n) is 4.98. The van der Waals surface area contributed by atoms with Crippen molar-refractivity contribution in [1.29, 1.82) is 0 Å². The van der Waals surface area contributed by atoms with E-state index in [2.05, 4.69) is 5.32 Å². The Bertz CT molecular complexity index is 962. The molecule has 1 aliphatic heterocycles. The van der Waals surface area contributed by atoms with Crippen LogP contribution in [0.2, 0.25) is 0 Å². The number of benzene rings is 1. The zero-order valence-corrected chi connectivity index (χ0v) is 15.9. The molecule has 0 saturated carbocycles. The largest absolute Gasteiger partial charge is 0.465 e. The molecule has 1 unspecified atom stereocenters. The van der Waals surface area contributed by atoms with Gasteiger partial charge in [0.2, 0.25) is 0 Å². The molecule has 0 saturated heterocycles. The molecule has 1 amide bonds. The Hall–Kier alpha value is -2.67. The van der Waals surface area contributed by atoms with E-state index in [9.17, 15) is 14.4 Å². The Morgan fingerprint density at radius 1 is 1.30 bits per heavy atom. The average molecular weight is 385 g/mol. The number of aryl methyl sites for hydroxylation is 2. The van der Waals surface area contributed by atoms with E-state index in [-0.39, 0.29) is 0 Å². The first-order valence-corrected chi connectivity index (χ1v) is 9.63. The van der Waals surface area contributed by atoms with Crippen molar-refractivity contribution in [3.8, 4) is 0 Å². The summed E-state index contributed by atoms with van der Waals surface area (Å²) in [6.45, 7) is 1.90. The molecule has 0 fully saturated rings. The number of esters is 2. The minimum atomic E-state index is -0.921. The molecule has 2 aromatic rings. The van der Waals surface area contributed by atoms with Crippen LogP contribution in [0.1, 0.15) is 48.7 Å². The molecular weight excluding hydrogens is 366 g/mol. The Labute approximate surface area is 160 Å². The molecule has 1 aromatic heterocycles. The van der Waals surface area contributed by atoms with E-state index in [4.69, 9.17) is 9.47 Å². The zero-order valence-electron chi connectivity index (χ0n) is 15.1. The van der Waals surface area contributed by atoms with Crippen LogP contribution in [-0.2, 0) is 33.5 Å². The zero-order chi connectivity index (χ0) is 19.1. The van der Waals surface area contributed by atoms with E-state index in [1.54, 1.807) is 6.07 Å². The second-order valence-electron chi connectivity index (χ2n) is 6.80. The molecular formula is C20H19NO5S. The fraction of sp³-hybridized carbons (Fsp3) is 0.350. The van der Waals surface area contributed by atoms with E-state index in [1.165, 1.54) is 18.4 Å². The van der Waals surface area contributed by atoms with Gasteiger partial charge in [-0.2, -0.15) is 0 Å². The number of carbonyl (C=O) groups excluding carboxylic acids is 3. The van der Waals surface area contributed by atoms with Crippen LogP contribution in [0.15, 0.2) is 18.2 Å². The van der Waals surface area contributed by atoms with Crippen molar-refractivity contribution in [2.45, 2.75) is 38.7 Å². The number of anilines is 1. The number of thiophene rings is 1. The van der Waals surface area contributed by atoms with Crippen LogP contribution in [0.5, 0.6) is 0 Å². The van der Waals surface area contributed by atoms with Gasteiger partial charge in [-0.1, -0.05) is 17.7 Å². The van der Waals surface area contributed by atoms with Crippen molar-refractivity contribution < 1.29 is 23.9 Å². The Balaban J connectivity index is 1.58. The predicted octanol–water partition coefficient (Wildman–Crippen LogP) is 3.05. The molecule has 1 aliphatic carbocycles. The van der Waals surface area contributed by atoms with Crippen LogP contribution in [0, 0.1) is 6.92 Å². The van der Waals surface area contributed by atoms with Gasteiger partial charge in [0, 0.05) is 11.3 Å². The number of methoxy groups -OCH3 is 1. The maximum Gasteiger partial charge on any atom is 0.341 e. The normalized spacial score (nSPS) is 17.7. The number of carbonyl (C=O) groups is 3. The minimum Gasteiger partial charge on any atom is -0.465 e. The SMILES string of the molecule is COC(=O)c1c(NC(=O)C2Cc3ccc(C)cc3C(=O)O2)sc2c1CCC2. The summed E-state index contributed by atoms with van der Waals surface area (Å²) in [7, 11) is 1.33. The monoisotopic (exact) mass is 385 g/mol. The van der Waals surface area contributed by atoms with Gasteiger partial charge in [-0.15, -0.1) is 11.3 Å². The molecule has 2 aliphatic rings. The van der Waals surface area contributed by atoms with E-state index in [1.807, 2.05) is 19.1 Å². The van der Waals surface area contributed by atoms with Gasteiger partial charge < -0.3 is 14.8 Å². The Morgan fingerprint density at radius 3 is 2.89 bits per heavy atom. The van der Waals surface area contributed by atoms with Crippen LogP contribution in [0.25, 0.3) is 0 Å². The summed E-state index contributed by atoms with van der Waals surface area (Å²) in [6.07, 6.45) is 2.08. The lowest BCUT2D eigenvalue weighted by molar-refractivity contribution is -0.125. The summed E-state index contributed by atoms with van der Waals surface area (Å²) in [6, 6.07) is 5.53. The molecule has 1 aromatic carbocycles. The lowest BCUT2D eigenvalue weighted by Gasteiger charge is -2.24. The summed E-state index contributed by atoms with van der Waals surface area (Å²) in [4.78, 5) is 38.3. The molecule has 6 nitrogen and oxygen atoms in total. The van der Waals surface area contributed by atoms with E-state index in [0.29, 0.717) is 22.5 Å². The lowest BCUT2D eigenvalue weighted by Crippen LogP contribution is -2.38. The van der Waals surface area contributed by atoms with Crippen molar-refractivity contribution >= 4 is 34.2 Å². The van der Waals surface area contributed by atoms with E-state index in [0.717, 1.165) is 40.8 Å². The van der Waals surface area contributed by atoms with Gasteiger partial charge in [-0.25, -0.2) is 9.59 Å². The van der Waals surface area contributed by atoms with Crippen molar-refractivity contribution in [2.24, 2.45) is 0 Å². The number of cyclic esters (lactones) is 1. The quantitative estimate of drug-likeness (QED) is 0.822. The first kappa shape index (κ1) is 17.7. The first-order valence-electron chi connectivity index (χ1n) is 8.82. The average Bonchev–Trinajstić information content (AvgIpc) is 3.22. The maximum atomic E-state index is 12.7. The number of fused-ring (bicyclic) bond motifs is 2. The summed E-state index contributed by atoms with van der Waals surface area (Å²) in [5, 5.41) is 3.26. The van der Waals surface area contributed by atoms with Crippen LogP contribution < -0.4 is 5.32 Å². The summed E-state index contributed by atoms with van der Waals surface area (Å²) < 4.78 is 10.2. The number of hydrogen-bond acceptors (Lipinski definition) is 6. The topological polar surface area (TPSA) is 81.7 Å². The molecule has 0 radical (unpaired) electrons. The standard InChI is InChI=1S/C20H19NO5S/c1-10-6-7-11-9-14(26-19(23)13(11)8-10)17(22)21-18-16(20(24)25-2)12-4-3-5-15(12)27-18/h6-8,14H,3-5,9H2,1-2H3,(H,21,22). The van der Waals surface area contributed by atoms with Gasteiger partial charge in [-0.05, 0) is 43.4 Å². The highest BCUT2D eigenvalue weighted by atomic mass is 32.1. The number of hydrogen-bond donors (Lipinski definition) is 1. The van der Waals surface area contributed by atoms with E-state index >= 15 is 0 Å². The van der Waals surface area contributed by atoms with Crippen LogP contribution in [0.3, 0.4) is 0 Å². The summed E-state index contributed by atoms with van der Waals surface area (Å²) >= 11 is 1.40. The molecule has 0 spiro atoms. The van der Waals surface area contributed by atoms with Crippen molar-refractivity contribution in [3.05, 3.63) is 50.9 Å². The number of ether oxygens (including phenoxy) is 2. The highest BCUT2D eigenvalue weighted by Crippen LogP contribution is 2.39. The fourth-order valence-electron chi connectivity index (χ4n) is 3.64. The molecule has 2 heterocycles. The number of rotatable bonds is 3. The molecule has 140 valence electrons. The van der Waals surface area contributed by atoms with Gasteiger partial charge >= 0.3 is 11.9 Å². The van der Waals surface area contributed by atoms with Gasteiger partial charge in [-0.3, -0.25) is 4.79 Å². The highest BCUT2D eigenvalue weighted by Gasteiger charge is 2.34. The number of nitrogens with one attached hydrogen (secondary N) is 1. The molecule has 1 atom stereocenters. The Morgan fingerprint density at radius 2 is 2.11 bits per heavy atom. The van der Waals surface area contributed by atoms with Crippen LogP contribution in [0.4, 0.5) is 5.00 Å². The third-order valence-corrected chi connectivity index (χ3v) is 6.19. The Kier molecular flexibility index (Phi) is 4.47. The van der Waals surface area contributed by atoms with Crippen molar-refractivity contribution in [1.82, 2.24) is 0 Å².